The number of hydrogen-bond donors (Lipinski definition) is 0. The van der Waals surface area contributed by atoms with E-state index < -0.39 is 17.0 Å². The summed E-state index contributed by atoms with van der Waals surface area (Å²) in [5.74, 6) is -0.681. The molecule has 4 rings (SSSR count). The van der Waals surface area contributed by atoms with Gasteiger partial charge in [0.25, 0.3) is 0 Å². The average molecular weight is 431 g/mol. The van der Waals surface area contributed by atoms with Crippen LogP contribution in [0.1, 0.15) is 65.9 Å². The molecule has 0 radical (unpaired) electrons. The van der Waals surface area contributed by atoms with Crippen molar-refractivity contribution in [1.82, 2.24) is 0 Å². The Hall–Kier alpha value is -3.47. The van der Waals surface area contributed by atoms with Crippen molar-refractivity contribution >= 4 is 27.7 Å². The molecule has 0 aliphatic rings. The molecule has 0 spiro atoms. The first-order valence-corrected chi connectivity index (χ1v) is 11.1. The molecule has 0 saturated heterocycles. The summed E-state index contributed by atoms with van der Waals surface area (Å²) in [5, 5.41) is 1.42. The van der Waals surface area contributed by atoms with Crippen LogP contribution >= 0.6 is 0 Å². The van der Waals surface area contributed by atoms with Crippen molar-refractivity contribution in [2.45, 2.75) is 53.4 Å². The number of carbonyl (C=O) groups excluding carboxylic acids is 1. The molecule has 2 aromatic heterocycles. The van der Waals surface area contributed by atoms with Crippen LogP contribution in [0.5, 0.6) is 0 Å². The molecule has 5 nitrogen and oxygen atoms in total. The third-order valence-electron chi connectivity index (χ3n) is 6.07. The van der Waals surface area contributed by atoms with Gasteiger partial charge in [0.05, 0.1) is 0 Å². The van der Waals surface area contributed by atoms with Gasteiger partial charge < -0.3 is 8.83 Å². The molecule has 0 fully saturated rings. The van der Waals surface area contributed by atoms with E-state index in [0.717, 1.165) is 47.9 Å². The number of ketones is 1. The molecule has 0 saturated carbocycles. The van der Waals surface area contributed by atoms with Gasteiger partial charge in [0.15, 0.2) is 0 Å². The summed E-state index contributed by atoms with van der Waals surface area (Å²) in [6.45, 7) is 8.08. The topological polar surface area (TPSA) is 77.5 Å². The molecule has 0 aliphatic carbocycles. The highest BCUT2D eigenvalue weighted by atomic mass is 16.4. The second-order valence-corrected chi connectivity index (χ2v) is 7.97. The fourth-order valence-corrected chi connectivity index (χ4v) is 4.16. The number of benzene rings is 2. The van der Waals surface area contributed by atoms with E-state index in [9.17, 15) is 14.4 Å². The first-order valence-electron chi connectivity index (χ1n) is 11.1. The second-order valence-electron chi connectivity index (χ2n) is 7.97. The fraction of sp³-hybridized carbons (Fsp3) is 0.296. The number of fused-ring (bicyclic) bond motifs is 2. The highest BCUT2D eigenvalue weighted by Crippen LogP contribution is 2.25. The van der Waals surface area contributed by atoms with Crippen LogP contribution in [0.25, 0.3) is 21.9 Å². The van der Waals surface area contributed by atoms with Crippen LogP contribution in [0.2, 0.25) is 0 Å². The van der Waals surface area contributed by atoms with Gasteiger partial charge in [0.2, 0.25) is 5.78 Å². The first kappa shape index (κ1) is 21.8. The lowest BCUT2D eigenvalue weighted by Crippen LogP contribution is -2.21. The number of carbonyl (C=O) groups is 1. The van der Waals surface area contributed by atoms with Crippen molar-refractivity contribution in [3.8, 4) is 0 Å². The van der Waals surface area contributed by atoms with E-state index >= 15 is 0 Å². The molecule has 0 amide bonds. The molecule has 0 N–H and O–H groups in total. The van der Waals surface area contributed by atoms with E-state index in [1.54, 1.807) is 12.1 Å². The van der Waals surface area contributed by atoms with Crippen molar-refractivity contribution < 1.29 is 13.6 Å². The third-order valence-corrected chi connectivity index (χ3v) is 6.07. The van der Waals surface area contributed by atoms with Gasteiger partial charge in [-0.05, 0) is 72.2 Å². The van der Waals surface area contributed by atoms with E-state index in [-0.39, 0.29) is 11.1 Å². The lowest BCUT2D eigenvalue weighted by atomic mass is 9.97. The zero-order valence-corrected chi connectivity index (χ0v) is 18.8. The van der Waals surface area contributed by atoms with Gasteiger partial charge in [-0.1, -0.05) is 39.8 Å². The molecular weight excluding hydrogens is 404 g/mol. The summed E-state index contributed by atoms with van der Waals surface area (Å²) in [6.07, 6.45) is 3.07. The van der Waals surface area contributed by atoms with E-state index in [1.165, 1.54) is 0 Å². The van der Waals surface area contributed by atoms with Gasteiger partial charge in [0, 0.05) is 10.8 Å². The molecule has 2 aromatic carbocycles. The standard InChI is InChI=1S/C27H26O5/c1-5-15-9-17(7-3)19-13-21(26(29)31-23(19)11-15)25(28)22-14-20-18(8-4)10-16(6-2)12-24(20)32-27(22)30/h9-14H,5-8H2,1-4H3. The third kappa shape index (κ3) is 3.68. The molecule has 164 valence electrons. The summed E-state index contributed by atoms with van der Waals surface area (Å²) < 4.78 is 11.0. The number of aryl methyl sites for hydroxylation is 4. The minimum absolute atomic E-state index is 0.161. The largest absolute Gasteiger partial charge is 0.422 e. The number of rotatable bonds is 6. The smallest absolute Gasteiger partial charge is 0.347 e. The van der Waals surface area contributed by atoms with E-state index in [1.807, 2.05) is 39.8 Å². The van der Waals surface area contributed by atoms with Crippen LogP contribution in [-0.2, 0) is 25.7 Å². The van der Waals surface area contributed by atoms with Gasteiger partial charge in [-0.15, -0.1) is 0 Å². The van der Waals surface area contributed by atoms with Crippen LogP contribution in [0, 0.1) is 0 Å². The van der Waals surface area contributed by atoms with Gasteiger partial charge in [-0.25, -0.2) is 9.59 Å². The molecule has 5 heteroatoms. The van der Waals surface area contributed by atoms with Crippen LogP contribution < -0.4 is 11.3 Å². The summed E-state index contributed by atoms with van der Waals surface area (Å²) in [4.78, 5) is 38.7. The predicted octanol–water partition coefficient (Wildman–Crippen LogP) is 5.38. The van der Waals surface area contributed by atoms with Gasteiger partial charge >= 0.3 is 11.3 Å². The average Bonchev–Trinajstić information content (AvgIpc) is 2.80. The SMILES string of the molecule is CCc1cc(CC)c2cc(C(=O)c3cc4c(CC)cc(CC)cc4oc3=O)c(=O)oc2c1. The molecule has 0 aliphatic heterocycles. The molecule has 2 heterocycles. The van der Waals surface area contributed by atoms with Crippen LogP contribution in [0.3, 0.4) is 0 Å². The zero-order chi connectivity index (χ0) is 23.0. The molecule has 4 aromatic rings. The van der Waals surface area contributed by atoms with Crippen molar-refractivity contribution in [1.29, 1.82) is 0 Å². The minimum atomic E-state index is -0.755. The van der Waals surface area contributed by atoms with E-state index in [0.29, 0.717) is 21.9 Å². The van der Waals surface area contributed by atoms with Gasteiger partial charge in [-0.3, -0.25) is 4.79 Å². The Labute approximate surface area is 185 Å². The monoisotopic (exact) mass is 430 g/mol. The van der Waals surface area contributed by atoms with Crippen molar-refractivity contribution in [3.05, 3.63) is 90.6 Å². The Kier molecular flexibility index (Phi) is 5.83. The molecular formula is C27H26O5. The highest BCUT2D eigenvalue weighted by Gasteiger charge is 2.22. The van der Waals surface area contributed by atoms with Crippen LogP contribution in [0.15, 0.2) is 54.8 Å². The van der Waals surface area contributed by atoms with E-state index in [2.05, 4.69) is 12.1 Å². The summed E-state index contributed by atoms with van der Waals surface area (Å²) in [7, 11) is 0. The summed E-state index contributed by atoms with van der Waals surface area (Å²) in [5.41, 5.74) is 3.17. The Morgan fingerprint density at radius 2 is 1.03 bits per heavy atom. The normalized spacial score (nSPS) is 11.4. The maximum atomic E-state index is 13.3. The predicted molar refractivity (Wildman–Crippen MR) is 126 cm³/mol. The molecule has 0 atom stereocenters. The zero-order valence-electron chi connectivity index (χ0n) is 18.8. The van der Waals surface area contributed by atoms with E-state index in [4.69, 9.17) is 8.83 Å². The minimum Gasteiger partial charge on any atom is -0.422 e. The summed E-state index contributed by atoms with van der Waals surface area (Å²) >= 11 is 0. The van der Waals surface area contributed by atoms with Gasteiger partial charge in [-0.2, -0.15) is 0 Å². The molecule has 0 unspecified atom stereocenters. The second kappa shape index (κ2) is 8.58. The lowest BCUT2D eigenvalue weighted by Gasteiger charge is -2.10. The van der Waals surface area contributed by atoms with Crippen molar-refractivity contribution in [3.63, 3.8) is 0 Å². The Balaban J connectivity index is 1.92. The van der Waals surface area contributed by atoms with Crippen molar-refractivity contribution in [2.24, 2.45) is 0 Å². The van der Waals surface area contributed by atoms with Crippen molar-refractivity contribution in [2.75, 3.05) is 0 Å². The highest BCUT2D eigenvalue weighted by molar-refractivity contribution is 6.11. The van der Waals surface area contributed by atoms with Gasteiger partial charge in [0.1, 0.15) is 22.3 Å². The Morgan fingerprint density at radius 1 is 0.625 bits per heavy atom. The first-order chi connectivity index (χ1) is 15.4. The number of hydrogen-bond acceptors (Lipinski definition) is 5. The Morgan fingerprint density at radius 3 is 1.38 bits per heavy atom. The molecule has 32 heavy (non-hydrogen) atoms. The maximum absolute atomic E-state index is 13.3. The van der Waals surface area contributed by atoms with Crippen LogP contribution in [-0.4, -0.2) is 5.78 Å². The molecule has 0 bridgehead atoms. The maximum Gasteiger partial charge on any atom is 0.347 e. The van der Waals surface area contributed by atoms with Crippen LogP contribution in [0.4, 0.5) is 0 Å². The lowest BCUT2D eigenvalue weighted by molar-refractivity contribution is 0.103. The Bertz CT molecular complexity index is 1360. The quantitative estimate of drug-likeness (QED) is 0.303. The summed E-state index contributed by atoms with van der Waals surface area (Å²) in [6, 6.07) is 10.9. The fourth-order valence-electron chi connectivity index (χ4n) is 4.16.